The maximum atomic E-state index is 13.6. The first kappa shape index (κ1) is 33.4. The molecule has 1 aliphatic rings. The van der Waals surface area contributed by atoms with Gasteiger partial charge in [0.05, 0.1) is 26.1 Å². The molecule has 0 bridgehead atoms. The summed E-state index contributed by atoms with van der Waals surface area (Å²) in [5, 5.41) is 0.748. The van der Waals surface area contributed by atoms with Gasteiger partial charge in [0.1, 0.15) is 29.3 Å². The number of rotatable bonds is 11. The Hall–Kier alpha value is -5.51. The number of ether oxygens (including phenoxy) is 2. The lowest BCUT2D eigenvalue weighted by atomic mass is 10.1. The molecule has 0 unspecified atom stereocenters. The predicted molar refractivity (Wildman–Crippen MR) is 181 cm³/mol. The van der Waals surface area contributed by atoms with E-state index >= 15 is 0 Å². The molecule has 0 atom stereocenters. The molecule has 3 aromatic carbocycles. The van der Waals surface area contributed by atoms with Crippen molar-refractivity contribution in [3.63, 3.8) is 0 Å². The van der Waals surface area contributed by atoms with Crippen molar-refractivity contribution < 1.29 is 23.0 Å². The van der Waals surface area contributed by atoms with E-state index in [0.717, 1.165) is 49.4 Å². The zero-order valence-corrected chi connectivity index (χ0v) is 26.7. The summed E-state index contributed by atoms with van der Waals surface area (Å²) in [5.74, 6) is 4.83. The largest absolute Gasteiger partial charge is 0.490 e. The number of carbonyl (C=O) groups is 1. The van der Waals surface area contributed by atoms with Gasteiger partial charge in [0.2, 0.25) is 0 Å². The van der Waals surface area contributed by atoms with E-state index < -0.39 is 23.0 Å². The maximum Gasteiger partial charge on any atom is 0.264 e. The average Bonchev–Trinajstić information content (AvgIpc) is 3.12. The molecule has 1 fully saturated rings. The van der Waals surface area contributed by atoms with Crippen LogP contribution < -0.4 is 20.9 Å². The zero-order chi connectivity index (χ0) is 34.2. The van der Waals surface area contributed by atoms with Crippen LogP contribution in [0, 0.1) is 23.5 Å². The van der Waals surface area contributed by atoms with Crippen molar-refractivity contribution in [3.8, 4) is 17.6 Å². The van der Waals surface area contributed by atoms with Crippen molar-refractivity contribution >= 4 is 22.4 Å². The van der Waals surface area contributed by atoms with E-state index in [2.05, 4.69) is 51.0 Å². The van der Waals surface area contributed by atoms with E-state index in [9.17, 15) is 18.4 Å². The first-order valence-electron chi connectivity index (χ1n) is 15.9. The number of hydrogen-bond donors (Lipinski definition) is 1. The highest BCUT2D eigenvalue weighted by Crippen LogP contribution is 2.26. The van der Waals surface area contributed by atoms with Gasteiger partial charge in [-0.05, 0) is 47.5 Å². The summed E-state index contributed by atoms with van der Waals surface area (Å²) in [5.41, 5.74) is 8.96. The SMILES string of the molecule is NCCOc1cc(C#CCCC(=O)c2cncn(Cc3ccc(F)c(F)c3)c2=O)cc2cnc(Cc3ccc(N4CCOCC4)cc3)nc12. The molecule has 0 amide bonds. The van der Waals surface area contributed by atoms with Crippen LogP contribution in [0.15, 0.2) is 78.1 Å². The fourth-order valence-electron chi connectivity index (χ4n) is 5.48. The minimum Gasteiger partial charge on any atom is -0.490 e. The monoisotopic (exact) mass is 664 g/mol. The molecule has 1 aliphatic heterocycles. The molecule has 5 aromatic rings. The number of Topliss-reactive ketones (excluding diaryl/α,β-unsaturated/α-hetero) is 1. The van der Waals surface area contributed by atoms with E-state index in [1.54, 1.807) is 12.3 Å². The molecule has 3 heterocycles. The summed E-state index contributed by atoms with van der Waals surface area (Å²) >= 11 is 0. The predicted octanol–water partition coefficient (Wildman–Crippen LogP) is 4.29. The normalized spacial score (nSPS) is 12.8. The molecule has 0 spiro atoms. The standard InChI is InChI=1S/C37H34F2N6O4/c38-31-10-7-27(18-32(31)39)23-45-24-41-22-30(37(45)47)33(46)4-2-1-3-26-17-28-21-42-35(43-36(28)34(19-26)49-14-11-40)20-25-5-8-29(9-6-25)44-12-15-48-16-13-44/h5-10,17-19,21-22,24H,2,4,11-16,20,23,40H2. The molecule has 10 nitrogen and oxygen atoms in total. The Bertz CT molecular complexity index is 2090. The van der Waals surface area contributed by atoms with Crippen LogP contribution in [0.5, 0.6) is 5.75 Å². The highest BCUT2D eigenvalue weighted by atomic mass is 19.2. The number of nitrogens with zero attached hydrogens (tertiary/aromatic N) is 5. The lowest BCUT2D eigenvalue weighted by Gasteiger charge is -2.28. The Morgan fingerprint density at radius 3 is 2.57 bits per heavy atom. The van der Waals surface area contributed by atoms with E-state index in [1.165, 1.54) is 28.8 Å². The maximum absolute atomic E-state index is 13.6. The smallest absolute Gasteiger partial charge is 0.264 e. The molecule has 0 aliphatic carbocycles. The van der Waals surface area contributed by atoms with Crippen molar-refractivity contribution in [2.75, 3.05) is 44.4 Å². The third-order valence-corrected chi connectivity index (χ3v) is 8.00. The molecule has 0 radical (unpaired) electrons. The number of fused-ring (bicyclic) bond motifs is 1. The van der Waals surface area contributed by atoms with Gasteiger partial charge >= 0.3 is 0 Å². The van der Waals surface area contributed by atoms with Crippen LogP contribution >= 0.6 is 0 Å². The average molecular weight is 665 g/mol. The molecular weight excluding hydrogens is 630 g/mol. The van der Waals surface area contributed by atoms with Gasteiger partial charge in [-0.2, -0.15) is 0 Å². The molecule has 250 valence electrons. The fourth-order valence-corrected chi connectivity index (χ4v) is 5.48. The minimum absolute atomic E-state index is 0.0108. The van der Waals surface area contributed by atoms with E-state index in [1.807, 2.05) is 6.07 Å². The number of anilines is 1. The van der Waals surface area contributed by atoms with Crippen LogP contribution in [0.2, 0.25) is 0 Å². The number of carbonyl (C=O) groups excluding carboxylic acids is 1. The van der Waals surface area contributed by atoms with Gasteiger partial charge in [-0.25, -0.2) is 23.7 Å². The van der Waals surface area contributed by atoms with Crippen molar-refractivity contribution in [2.24, 2.45) is 5.73 Å². The Kier molecular flexibility index (Phi) is 10.6. The lowest BCUT2D eigenvalue weighted by molar-refractivity contribution is 0.0981. The summed E-state index contributed by atoms with van der Waals surface area (Å²) in [6, 6.07) is 15.4. The second-order valence-corrected chi connectivity index (χ2v) is 11.5. The van der Waals surface area contributed by atoms with Crippen LogP contribution in [0.4, 0.5) is 14.5 Å². The topological polar surface area (TPSA) is 125 Å². The molecular formula is C37H34F2N6O4. The number of ketones is 1. The Labute approximate surface area is 281 Å². The Morgan fingerprint density at radius 2 is 1.80 bits per heavy atom. The highest BCUT2D eigenvalue weighted by molar-refractivity contribution is 5.95. The van der Waals surface area contributed by atoms with Crippen LogP contribution in [-0.2, 0) is 17.7 Å². The quantitative estimate of drug-likeness (QED) is 0.163. The number of aromatic nitrogens is 4. The summed E-state index contributed by atoms with van der Waals surface area (Å²) < 4.78 is 39.5. The summed E-state index contributed by atoms with van der Waals surface area (Å²) in [7, 11) is 0. The number of halogens is 2. The molecule has 49 heavy (non-hydrogen) atoms. The number of hydrogen-bond acceptors (Lipinski definition) is 9. The Morgan fingerprint density at radius 1 is 1.00 bits per heavy atom. The lowest BCUT2D eigenvalue weighted by Crippen LogP contribution is -2.36. The first-order valence-corrected chi connectivity index (χ1v) is 15.9. The summed E-state index contributed by atoms with van der Waals surface area (Å²) in [6.45, 7) is 3.78. The summed E-state index contributed by atoms with van der Waals surface area (Å²) in [4.78, 5) is 41.5. The number of nitrogens with two attached hydrogens (primary N) is 1. The molecule has 6 rings (SSSR count). The van der Waals surface area contributed by atoms with Gasteiger partial charge in [-0.3, -0.25) is 14.2 Å². The van der Waals surface area contributed by atoms with Gasteiger partial charge in [-0.15, -0.1) is 0 Å². The molecule has 1 saturated heterocycles. The van der Waals surface area contributed by atoms with Gasteiger partial charge < -0.3 is 20.1 Å². The number of morpholine rings is 1. The molecule has 12 heteroatoms. The highest BCUT2D eigenvalue weighted by Gasteiger charge is 2.15. The van der Waals surface area contributed by atoms with Gasteiger partial charge in [0.15, 0.2) is 17.4 Å². The van der Waals surface area contributed by atoms with Crippen molar-refractivity contribution in [1.82, 2.24) is 19.5 Å². The van der Waals surface area contributed by atoms with E-state index in [0.29, 0.717) is 47.8 Å². The second kappa shape index (κ2) is 15.6. The summed E-state index contributed by atoms with van der Waals surface area (Å²) in [6.07, 6.45) is 4.94. The van der Waals surface area contributed by atoms with Gasteiger partial charge in [0.25, 0.3) is 5.56 Å². The van der Waals surface area contributed by atoms with Gasteiger partial charge in [-0.1, -0.05) is 30.0 Å². The zero-order valence-electron chi connectivity index (χ0n) is 26.7. The third-order valence-electron chi connectivity index (χ3n) is 8.00. The fraction of sp³-hybridized carbons (Fsp3) is 0.270. The van der Waals surface area contributed by atoms with Crippen LogP contribution in [0.25, 0.3) is 10.9 Å². The first-order chi connectivity index (χ1) is 23.9. The van der Waals surface area contributed by atoms with Crippen molar-refractivity contribution in [2.45, 2.75) is 25.8 Å². The van der Waals surface area contributed by atoms with E-state index in [4.69, 9.17) is 20.2 Å². The van der Waals surface area contributed by atoms with Crippen LogP contribution in [0.1, 0.15) is 45.7 Å². The molecule has 0 saturated carbocycles. The van der Waals surface area contributed by atoms with Gasteiger partial charge in [0, 0.05) is 67.9 Å². The second-order valence-electron chi connectivity index (χ2n) is 11.5. The molecule has 2 N–H and O–H groups in total. The third kappa shape index (κ3) is 8.32. The van der Waals surface area contributed by atoms with Crippen molar-refractivity contribution in [3.05, 3.63) is 123 Å². The number of benzene rings is 3. The Balaban J connectivity index is 1.13. The van der Waals surface area contributed by atoms with Crippen molar-refractivity contribution in [1.29, 1.82) is 0 Å². The molecule has 2 aromatic heterocycles. The van der Waals surface area contributed by atoms with E-state index in [-0.39, 0.29) is 24.9 Å². The minimum atomic E-state index is -1.02. The van der Waals surface area contributed by atoms with Crippen LogP contribution in [0.3, 0.4) is 0 Å². The van der Waals surface area contributed by atoms with Crippen LogP contribution in [-0.4, -0.2) is 64.8 Å².